The standard InChI is InChI=1S/C15H7IN2O5/c16-10-4-8-5-11(18(21)22)13(10)14(8)23-15(20)9-3-7(6-17)1-2-12(9)19/h1-5,14,19H. The van der Waals surface area contributed by atoms with Crippen LogP contribution in [0.15, 0.2) is 50.8 Å². The quantitative estimate of drug-likeness (QED) is 0.347. The number of ether oxygens (including phenoxy) is 1. The Morgan fingerprint density at radius 1 is 1.43 bits per heavy atom. The highest BCUT2D eigenvalue weighted by Gasteiger charge is 2.42. The van der Waals surface area contributed by atoms with Crippen LogP contribution in [0, 0.1) is 21.4 Å². The molecule has 8 heteroatoms. The van der Waals surface area contributed by atoms with Crippen molar-refractivity contribution in [3.8, 4) is 11.8 Å². The number of nitrogens with zero attached hydrogens (tertiary/aromatic N) is 2. The summed E-state index contributed by atoms with van der Waals surface area (Å²) in [7, 11) is 0. The van der Waals surface area contributed by atoms with Crippen molar-refractivity contribution in [3.63, 3.8) is 0 Å². The number of halogens is 1. The van der Waals surface area contributed by atoms with Gasteiger partial charge in [-0.05, 0) is 46.9 Å². The molecule has 1 aromatic carbocycles. The highest BCUT2D eigenvalue weighted by molar-refractivity contribution is 14.1. The molecule has 2 aliphatic rings. The number of carbonyl (C=O) groups excluding carboxylic acids is 1. The zero-order valence-electron chi connectivity index (χ0n) is 11.3. The predicted molar refractivity (Wildman–Crippen MR) is 86.2 cm³/mol. The van der Waals surface area contributed by atoms with Crippen molar-refractivity contribution >= 4 is 28.6 Å². The van der Waals surface area contributed by atoms with Crippen molar-refractivity contribution in [2.75, 3.05) is 0 Å². The molecule has 0 radical (unpaired) electrons. The highest BCUT2D eigenvalue weighted by atomic mass is 127. The van der Waals surface area contributed by atoms with Crippen LogP contribution in [-0.4, -0.2) is 22.1 Å². The Hall–Kier alpha value is -2.67. The molecule has 0 heterocycles. The van der Waals surface area contributed by atoms with Crippen molar-refractivity contribution in [2.45, 2.75) is 6.10 Å². The van der Waals surface area contributed by atoms with Gasteiger partial charge in [-0.25, -0.2) is 4.79 Å². The third-order valence-electron chi connectivity index (χ3n) is 3.46. The van der Waals surface area contributed by atoms with Crippen molar-refractivity contribution in [3.05, 3.63) is 72.0 Å². The van der Waals surface area contributed by atoms with Gasteiger partial charge in [0.2, 0.25) is 0 Å². The fourth-order valence-electron chi connectivity index (χ4n) is 2.42. The number of phenols is 1. The van der Waals surface area contributed by atoms with Gasteiger partial charge in [0, 0.05) is 15.2 Å². The van der Waals surface area contributed by atoms with E-state index >= 15 is 0 Å². The molecule has 23 heavy (non-hydrogen) atoms. The fourth-order valence-corrected chi connectivity index (χ4v) is 3.34. The number of nitriles is 1. The highest BCUT2D eigenvalue weighted by Crippen LogP contribution is 2.44. The number of allylic oxidation sites excluding steroid dienone is 1. The molecule has 0 spiro atoms. The van der Waals surface area contributed by atoms with Crippen LogP contribution in [0.3, 0.4) is 0 Å². The Labute approximate surface area is 143 Å². The van der Waals surface area contributed by atoms with E-state index in [4.69, 9.17) is 10.00 Å². The molecule has 1 unspecified atom stereocenters. The molecule has 3 rings (SSSR count). The first kappa shape index (κ1) is 15.2. The number of hydrogen-bond donors (Lipinski definition) is 1. The summed E-state index contributed by atoms with van der Waals surface area (Å²) in [5.74, 6) is -1.17. The minimum absolute atomic E-state index is 0.0975. The number of carbonyl (C=O) groups is 1. The average molecular weight is 422 g/mol. The third kappa shape index (κ3) is 2.49. The molecular weight excluding hydrogens is 415 g/mol. The first-order valence-electron chi connectivity index (χ1n) is 6.34. The lowest BCUT2D eigenvalue weighted by molar-refractivity contribution is -0.419. The summed E-state index contributed by atoms with van der Waals surface area (Å²) in [6.45, 7) is 0. The lowest BCUT2D eigenvalue weighted by Gasteiger charge is -2.13. The first-order chi connectivity index (χ1) is 10.9. The van der Waals surface area contributed by atoms with E-state index < -0.39 is 17.0 Å². The largest absolute Gasteiger partial charge is 0.507 e. The van der Waals surface area contributed by atoms with Gasteiger partial charge in [-0.2, -0.15) is 5.26 Å². The van der Waals surface area contributed by atoms with E-state index in [1.807, 2.05) is 28.7 Å². The van der Waals surface area contributed by atoms with Gasteiger partial charge in [0.25, 0.3) is 5.70 Å². The van der Waals surface area contributed by atoms with Gasteiger partial charge >= 0.3 is 5.97 Å². The van der Waals surface area contributed by atoms with Gasteiger partial charge in [-0.1, -0.05) is 0 Å². The molecule has 0 saturated heterocycles. The second-order valence-electron chi connectivity index (χ2n) is 4.82. The lowest BCUT2D eigenvalue weighted by atomic mass is 10.1. The van der Waals surface area contributed by atoms with E-state index in [1.54, 1.807) is 6.08 Å². The molecule has 2 bridgehead atoms. The Morgan fingerprint density at radius 2 is 2.17 bits per heavy atom. The molecule has 0 aliphatic heterocycles. The predicted octanol–water partition coefficient (Wildman–Crippen LogP) is 2.59. The van der Waals surface area contributed by atoms with Crippen molar-refractivity contribution < 1.29 is 19.6 Å². The minimum atomic E-state index is -0.861. The summed E-state index contributed by atoms with van der Waals surface area (Å²) in [6, 6.07) is 5.66. The van der Waals surface area contributed by atoms with Crippen LogP contribution >= 0.6 is 22.6 Å². The number of fused-ring (bicyclic) bond motifs is 2. The molecule has 1 atom stereocenters. The number of nitro groups is 1. The molecule has 0 aromatic heterocycles. The van der Waals surface area contributed by atoms with E-state index in [0.29, 0.717) is 14.7 Å². The maximum atomic E-state index is 12.3. The lowest BCUT2D eigenvalue weighted by Crippen LogP contribution is -2.18. The number of phenolic OH excluding ortho intramolecular Hbond substituents is 1. The molecule has 0 saturated carbocycles. The van der Waals surface area contributed by atoms with Crippen LogP contribution in [0.2, 0.25) is 0 Å². The molecule has 2 aliphatic carbocycles. The monoisotopic (exact) mass is 422 g/mol. The Kier molecular flexibility index (Phi) is 3.65. The number of benzene rings is 1. The number of hydrogen-bond acceptors (Lipinski definition) is 6. The van der Waals surface area contributed by atoms with Crippen LogP contribution in [-0.2, 0) is 4.74 Å². The van der Waals surface area contributed by atoms with Gasteiger partial charge in [0.1, 0.15) is 11.3 Å². The van der Waals surface area contributed by atoms with Gasteiger partial charge in [-0.15, -0.1) is 0 Å². The van der Waals surface area contributed by atoms with Gasteiger partial charge in [-0.3, -0.25) is 10.1 Å². The molecule has 114 valence electrons. The van der Waals surface area contributed by atoms with Crippen LogP contribution in [0.1, 0.15) is 15.9 Å². The fraction of sp³-hybridized carbons (Fsp3) is 0.0667. The van der Waals surface area contributed by atoms with Crippen molar-refractivity contribution in [2.24, 2.45) is 0 Å². The van der Waals surface area contributed by atoms with Crippen molar-refractivity contribution in [1.82, 2.24) is 0 Å². The van der Waals surface area contributed by atoms with Crippen LogP contribution < -0.4 is 0 Å². The smallest absolute Gasteiger partial charge is 0.342 e. The topological polar surface area (TPSA) is 113 Å². The number of rotatable bonds is 3. The number of aromatic hydroxyl groups is 1. The van der Waals surface area contributed by atoms with Gasteiger partial charge < -0.3 is 9.84 Å². The first-order valence-corrected chi connectivity index (χ1v) is 7.42. The number of esters is 1. The molecule has 0 amide bonds. The summed E-state index contributed by atoms with van der Waals surface area (Å²) in [5, 5.41) is 29.6. The Morgan fingerprint density at radius 3 is 2.83 bits per heavy atom. The molecule has 0 fully saturated rings. The normalized spacial score (nSPS) is 18.3. The van der Waals surface area contributed by atoms with E-state index in [-0.39, 0.29) is 22.6 Å². The SMILES string of the molecule is N#Cc1ccc(O)c(C(=O)OC2C3=CC([N+](=O)[O-])=C2C(I)=C3)c1. The molecule has 7 nitrogen and oxygen atoms in total. The Bertz CT molecular complexity index is 892. The average Bonchev–Trinajstić information content (AvgIpc) is 3.00. The summed E-state index contributed by atoms with van der Waals surface area (Å²) < 4.78 is 5.96. The van der Waals surface area contributed by atoms with Crippen molar-refractivity contribution in [1.29, 1.82) is 5.26 Å². The Balaban J connectivity index is 1.91. The van der Waals surface area contributed by atoms with E-state index in [1.165, 1.54) is 24.3 Å². The van der Waals surface area contributed by atoms with Crippen LogP contribution in [0.5, 0.6) is 5.75 Å². The summed E-state index contributed by atoms with van der Waals surface area (Å²) >= 11 is 1.94. The van der Waals surface area contributed by atoms with E-state index in [0.717, 1.165) is 0 Å². The minimum Gasteiger partial charge on any atom is -0.507 e. The van der Waals surface area contributed by atoms with E-state index in [2.05, 4.69) is 0 Å². The maximum Gasteiger partial charge on any atom is 0.342 e. The second kappa shape index (κ2) is 5.51. The van der Waals surface area contributed by atoms with Gasteiger partial charge in [0.15, 0.2) is 6.10 Å². The molecule has 1 aromatic rings. The third-order valence-corrected chi connectivity index (χ3v) is 4.35. The molecule has 1 N–H and O–H groups in total. The summed E-state index contributed by atoms with van der Waals surface area (Å²) in [4.78, 5) is 22.8. The zero-order valence-corrected chi connectivity index (χ0v) is 13.5. The summed E-state index contributed by atoms with van der Waals surface area (Å²) in [6.07, 6.45) is 2.20. The second-order valence-corrected chi connectivity index (χ2v) is 5.98. The zero-order chi connectivity index (χ0) is 16.7. The molecular formula is C15H7IN2O5. The van der Waals surface area contributed by atoms with Crippen LogP contribution in [0.25, 0.3) is 0 Å². The van der Waals surface area contributed by atoms with Crippen LogP contribution in [0.4, 0.5) is 0 Å². The van der Waals surface area contributed by atoms with Gasteiger partial charge in [0.05, 0.1) is 22.1 Å². The summed E-state index contributed by atoms with van der Waals surface area (Å²) in [5.41, 5.74) is 0.783. The maximum absolute atomic E-state index is 12.3. The van der Waals surface area contributed by atoms with E-state index in [9.17, 15) is 20.0 Å².